The number of aromatic carboxylic acids is 1. The average Bonchev–Trinajstić information content (AvgIpc) is 2.65. The van der Waals surface area contributed by atoms with Crippen molar-refractivity contribution in [2.24, 2.45) is 0 Å². The van der Waals surface area contributed by atoms with Crippen molar-refractivity contribution >= 4 is 28.6 Å². The van der Waals surface area contributed by atoms with E-state index in [0.29, 0.717) is 11.4 Å². The van der Waals surface area contributed by atoms with Gasteiger partial charge < -0.3 is 9.67 Å². The summed E-state index contributed by atoms with van der Waals surface area (Å²) >= 11 is 5.78. The molecule has 0 bridgehead atoms. The molecule has 2 aromatic rings. The lowest BCUT2D eigenvalue weighted by Gasteiger charge is -2.02. The number of imidazole rings is 1. The minimum atomic E-state index is -0.944. The molecule has 0 saturated heterocycles. The quantitative estimate of drug-likeness (QED) is 0.836. The van der Waals surface area contributed by atoms with Crippen molar-refractivity contribution in [1.29, 1.82) is 0 Å². The second-order valence-electron chi connectivity index (χ2n) is 3.41. The molecule has 0 aliphatic carbocycles. The maximum Gasteiger partial charge on any atom is 0.335 e. The number of carboxylic acids is 1. The zero-order chi connectivity index (χ0) is 11.7. The van der Waals surface area contributed by atoms with Crippen molar-refractivity contribution in [3.63, 3.8) is 0 Å². The Kier molecular flexibility index (Phi) is 2.83. The van der Waals surface area contributed by atoms with Crippen molar-refractivity contribution in [3.8, 4) is 0 Å². The minimum Gasteiger partial charge on any atom is -0.478 e. The van der Waals surface area contributed by atoms with Gasteiger partial charge in [0.2, 0.25) is 0 Å². The summed E-state index contributed by atoms with van der Waals surface area (Å²) in [5, 5.41) is 8.87. The number of nitrogens with zero attached hydrogens (tertiary/aromatic N) is 2. The van der Waals surface area contributed by atoms with Gasteiger partial charge in [-0.1, -0.05) is 0 Å². The average molecular weight is 239 g/mol. The van der Waals surface area contributed by atoms with E-state index in [0.717, 1.165) is 17.9 Å². The maximum absolute atomic E-state index is 10.8. The third kappa shape index (κ3) is 1.65. The van der Waals surface area contributed by atoms with Gasteiger partial charge in [-0.05, 0) is 25.1 Å². The Balaban J connectivity index is 2.67. The van der Waals surface area contributed by atoms with Gasteiger partial charge in [-0.25, -0.2) is 9.78 Å². The van der Waals surface area contributed by atoms with E-state index in [4.69, 9.17) is 16.7 Å². The molecule has 0 spiro atoms. The Morgan fingerprint density at radius 1 is 1.56 bits per heavy atom. The SMILES string of the molecule is CCn1c(CCl)nc2cc(C(=O)O)ccc21. The first-order valence-electron chi connectivity index (χ1n) is 4.95. The van der Waals surface area contributed by atoms with Crippen molar-refractivity contribution < 1.29 is 9.90 Å². The summed E-state index contributed by atoms with van der Waals surface area (Å²) in [6.07, 6.45) is 0. The summed E-state index contributed by atoms with van der Waals surface area (Å²) < 4.78 is 1.98. The summed E-state index contributed by atoms with van der Waals surface area (Å²) in [4.78, 5) is 15.1. The number of benzene rings is 1. The zero-order valence-corrected chi connectivity index (χ0v) is 9.53. The third-order valence-corrected chi connectivity index (χ3v) is 2.75. The maximum atomic E-state index is 10.8. The van der Waals surface area contributed by atoms with Gasteiger partial charge in [0.15, 0.2) is 0 Å². The van der Waals surface area contributed by atoms with E-state index in [2.05, 4.69) is 4.98 Å². The fourth-order valence-corrected chi connectivity index (χ4v) is 1.97. The Morgan fingerprint density at radius 2 is 2.31 bits per heavy atom. The van der Waals surface area contributed by atoms with E-state index >= 15 is 0 Å². The molecule has 0 saturated carbocycles. The van der Waals surface area contributed by atoms with Gasteiger partial charge in [-0.15, -0.1) is 11.6 Å². The van der Waals surface area contributed by atoms with E-state index in [-0.39, 0.29) is 5.56 Å². The molecule has 0 fully saturated rings. The van der Waals surface area contributed by atoms with Crippen LogP contribution in [0, 0.1) is 0 Å². The van der Waals surface area contributed by atoms with Gasteiger partial charge in [-0.2, -0.15) is 0 Å². The molecular formula is C11H11ClN2O2. The predicted octanol–water partition coefficient (Wildman–Crippen LogP) is 2.49. The van der Waals surface area contributed by atoms with Crippen LogP contribution >= 0.6 is 11.6 Å². The molecule has 1 aromatic carbocycles. The smallest absolute Gasteiger partial charge is 0.335 e. The lowest BCUT2D eigenvalue weighted by molar-refractivity contribution is 0.0697. The molecule has 1 N–H and O–H groups in total. The van der Waals surface area contributed by atoms with Crippen molar-refractivity contribution in [2.45, 2.75) is 19.3 Å². The highest BCUT2D eigenvalue weighted by Gasteiger charge is 2.11. The molecule has 0 atom stereocenters. The number of alkyl halides is 1. The fourth-order valence-electron chi connectivity index (χ4n) is 1.77. The number of halogens is 1. The molecule has 16 heavy (non-hydrogen) atoms. The van der Waals surface area contributed by atoms with Gasteiger partial charge in [0, 0.05) is 6.54 Å². The molecule has 4 nitrogen and oxygen atoms in total. The number of rotatable bonds is 3. The van der Waals surface area contributed by atoms with Crippen LogP contribution in [0.25, 0.3) is 11.0 Å². The van der Waals surface area contributed by atoms with E-state index in [1.807, 2.05) is 11.5 Å². The van der Waals surface area contributed by atoms with E-state index < -0.39 is 5.97 Å². The van der Waals surface area contributed by atoms with Crippen LogP contribution in [0.15, 0.2) is 18.2 Å². The Morgan fingerprint density at radius 3 is 2.88 bits per heavy atom. The lowest BCUT2D eigenvalue weighted by atomic mass is 10.2. The first-order valence-corrected chi connectivity index (χ1v) is 5.49. The molecule has 1 aromatic heterocycles. The monoisotopic (exact) mass is 238 g/mol. The predicted molar refractivity (Wildman–Crippen MR) is 61.9 cm³/mol. The summed E-state index contributed by atoms with van der Waals surface area (Å²) in [7, 11) is 0. The van der Waals surface area contributed by atoms with Gasteiger partial charge in [0.1, 0.15) is 5.82 Å². The van der Waals surface area contributed by atoms with Crippen molar-refractivity contribution in [2.75, 3.05) is 0 Å². The molecule has 0 amide bonds. The normalized spacial score (nSPS) is 10.9. The number of aromatic nitrogens is 2. The highest BCUT2D eigenvalue weighted by atomic mass is 35.5. The van der Waals surface area contributed by atoms with Gasteiger partial charge in [0.05, 0.1) is 22.5 Å². The van der Waals surface area contributed by atoms with Crippen LogP contribution in [0.5, 0.6) is 0 Å². The number of carbonyl (C=O) groups is 1. The summed E-state index contributed by atoms with van der Waals surface area (Å²) in [6.45, 7) is 2.77. The van der Waals surface area contributed by atoms with Crippen LogP contribution in [-0.2, 0) is 12.4 Å². The standard InChI is InChI=1S/C11H11ClN2O2/c1-2-14-9-4-3-7(11(15)16)5-8(9)13-10(14)6-12/h3-5H,2,6H2,1H3,(H,15,16). The number of carboxylic acid groups (broad SMARTS) is 1. The van der Waals surface area contributed by atoms with Crippen LogP contribution < -0.4 is 0 Å². The second kappa shape index (κ2) is 4.14. The first-order chi connectivity index (χ1) is 7.67. The van der Waals surface area contributed by atoms with Crippen LogP contribution in [0.3, 0.4) is 0 Å². The van der Waals surface area contributed by atoms with Crippen LogP contribution in [0.2, 0.25) is 0 Å². The topological polar surface area (TPSA) is 55.1 Å². The first kappa shape index (κ1) is 11.0. The molecule has 0 radical (unpaired) electrons. The molecule has 5 heteroatoms. The van der Waals surface area contributed by atoms with E-state index in [1.54, 1.807) is 18.2 Å². The van der Waals surface area contributed by atoms with Crippen LogP contribution in [-0.4, -0.2) is 20.6 Å². The molecule has 0 aliphatic rings. The zero-order valence-electron chi connectivity index (χ0n) is 8.77. The highest BCUT2D eigenvalue weighted by molar-refractivity contribution is 6.16. The Hall–Kier alpha value is -1.55. The molecule has 1 heterocycles. The minimum absolute atomic E-state index is 0.245. The molecule has 2 rings (SSSR count). The summed E-state index contributed by atoms with van der Waals surface area (Å²) in [6, 6.07) is 4.92. The molecule has 0 aliphatic heterocycles. The molecular weight excluding hydrogens is 228 g/mol. The number of hydrogen-bond donors (Lipinski definition) is 1. The Labute approximate surface area is 97.5 Å². The van der Waals surface area contributed by atoms with Crippen LogP contribution in [0.4, 0.5) is 0 Å². The summed E-state index contributed by atoms with van der Waals surface area (Å²) in [5.41, 5.74) is 1.84. The molecule has 0 unspecified atom stereocenters. The van der Waals surface area contributed by atoms with Gasteiger partial charge >= 0.3 is 5.97 Å². The highest BCUT2D eigenvalue weighted by Crippen LogP contribution is 2.19. The van der Waals surface area contributed by atoms with Crippen molar-refractivity contribution in [1.82, 2.24) is 9.55 Å². The van der Waals surface area contributed by atoms with E-state index in [9.17, 15) is 4.79 Å². The van der Waals surface area contributed by atoms with Crippen LogP contribution in [0.1, 0.15) is 23.1 Å². The third-order valence-electron chi connectivity index (χ3n) is 2.51. The second-order valence-corrected chi connectivity index (χ2v) is 3.68. The van der Waals surface area contributed by atoms with Gasteiger partial charge in [-0.3, -0.25) is 0 Å². The number of fused-ring (bicyclic) bond motifs is 1. The largest absolute Gasteiger partial charge is 0.478 e. The molecule has 84 valence electrons. The Bertz CT molecular complexity index is 548. The van der Waals surface area contributed by atoms with Crippen molar-refractivity contribution in [3.05, 3.63) is 29.6 Å². The lowest BCUT2D eigenvalue weighted by Crippen LogP contribution is -1.99. The number of aryl methyl sites for hydroxylation is 1. The number of hydrogen-bond acceptors (Lipinski definition) is 2. The van der Waals surface area contributed by atoms with E-state index in [1.165, 1.54) is 0 Å². The van der Waals surface area contributed by atoms with Gasteiger partial charge in [0.25, 0.3) is 0 Å². The fraction of sp³-hybridized carbons (Fsp3) is 0.273. The summed E-state index contributed by atoms with van der Waals surface area (Å²) in [5.74, 6) is 0.146.